The molecule has 0 radical (unpaired) electrons. The van der Waals surface area contributed by atoms with Gasteiger partial charge in [0.15, 0.2) is 0 Å². The van der Waals surface area contributed by atoms with Crippen molar-refractivity contribution in [1.82, 2.24) is 10.2 Å². The maximum Gasteiger partial charge on any atom is 0.0337 e. The van der Waals surface area contributed by atoms with Crippen molar-refractivity contribution >= 4 is 0 Å². The first-order chi connectivity index (χ1) is 8.73. The molecule has 2 fully saturated rings. The molecule has 2 rings (SSSR count). The van der Waals surface area contributed by atoms with Gasteiger partial charge in [-0.1, -0.05) is 32.4 Å². The van der Waals surface area contributed by atoms with Crippen molar-refractivity contribution < 1.29 is 0 Å². The van der Waals surface area contributed by atoms with Gasteiger partial charge in [0, 0.05) is 31.2 Å². The third kappa shape index (κ3) is 3.41. The Balaban J connectivity index is 2.12. The second-order valence-corrected chi connectivity index (χ2v) is 8.12. The van der Waals surface area contributed by atoms with Crippen LogP contribution in [0.3, 0.4) is 0 Å². The number of piperazine rings is 1. The average molecular weight is 264 g/mol. The SMILES string of the molecule is CC(C)=CCN1CC(C(C)(C)C)NCC1(C)C1CC1. The lowest BCUT2D eigenvalue weighted by Gasteiger charge is -2.51. The van der Waals surface area contributed by atoms with Crippen LogP contribution in [0.2, 0.25) is 0 Å². The van der Waals surface area contributed by atoms with Crippen molar-refractivity contribution in [2.45, 2.75) is 66.0 Å². The maximum atomic E-state index is 3.83. The predicted octanol–water partition coefficient (Wildman–Crippen LogP) is 3.44. The molecule has 19 heavy (non-hydrogen) atoms. The van der Waals surface area contributed by atoms with E-state index in [9.17, 15) is 0 Å². The molecular formula is C17H32N2. The van der Waals surface area contributed by atoms with Gasteiger partial charge < -0.3 is 5.32 Å². The van der Waals surface area contributed by atoms with Crippen LogP contribution in [0.1, 0.15) is 54.4 Å². The molecule has 1 heterocycles. The van der Waals surface area contributed by atoms with E-state index in [0.29, 0.717) is 17.0 Å². The van der Waals surface area contributed by atoms with Gasteiger partial charge in [0.25, 0.3) is 0 Å². The molecule has 2 nitrogen and oxygen atoms in total. The van der Waals surface area contributed by atoms with Crippen LogP contribution in [0.15, 0.2) is 11.6 Å². The first kappa shape index (κ1) is 15.1. The Labute approximate surface area is 119 Å². The summed E-state index contributed by atoms with van der Waals surface area (Å²) in [6.45, 7) is 17.4. The smallest absolute Gasteiger partial charge is 0.0337 e. The predicted molar refractivity (Wildman–Crippen MR) is 83.4 cm³/mol. The fourth-order valence-electron chi connectivity index (χ4n) is 3.20. The first-order valence-corrected chi connectivity index (χ1v) is 7.85. The zero-order valence-corrected chi connectivity index (χ0v) is 13.7. The van der Waals surface area contributed by atoms with Gasteiger partial charge in [0.2, 0.25) is 0 Å². The van der Waals surface area contributed by atoms with Crippen LogP contribution >= 0.6 is 0 Å². The maximum absolute atomic E-state index is 3.83. The Hall–Kier alpha value is -0.340. The third-order valence-electron chi connectivity index (χ3n) is 5.05. The largest absolute Gasteiger partial charge is 0.310 e. The summed E-state index contributed by atoms with van der Waals surface area (Å²) >= 11 is 0. The highest BCUT2D eigenvalue weighted by Crippen LogP contribution is 2.44. The summed E-state index contributed by atoms with van der Waals surface area (Å²) in [5, 5.41) is 3.83. The second-order valence-electron chi connectivity index (χ2n) is 8.12. The Morgan fingerprint density at radius 2 is 1.95 bits per heavy atom. The van der Waals surface area contributed by atoms with Crippen LogP contribution in [-0.2, 0) is 0 Å². The van der Waals surface area contributed by atoms with E-state index >= 15 is 0 Å². The van der Waals surface area contributed by atoms with E-state index in [2.05, 4.69) is 57.8 Å². The van der Waals surface area contributed by atoms with Crippen LogP contribution in [0, 0.1) is 11.3 Å². The normalized spacial score (nSPS) is 33.3. The number of rotatable bonds is 3. The monoisotopic (exact) mass is 264 g/mol. The lowest BCUT2D eigenvalue weighted by molar-refractivity contribution is 0.0195. The summed E-state index contributed by atoms with van der Waals surface area (Å²) in [5.74, 6) is 0.909. The topological polar surface area (TPSA) is 15.3 Å². The van der Waals surface area contributed by atoms with E-state index in [0.717, 1.165) is 19.0 Å². The molecule has 0 bridgehead atoms. The lowest BCUT2D eigenvalue weighted by Crippen LogP contribution is -2.66. The van der Waals surface area contributed by atoms with Gasteiger partial charge in [-0.2, -0.15) is 0 Å². The highest BCUT2D eigenvalue weighted by Gasteiger charge is 2.49. The van der Waals surface area contributed by atoms with Crippen LogP contribution in [0.4, 0.5) is 0 Å². The second kappa shape index (κ2) is 5.21. The zero-order chi connectivity index (χ0) is 14.3. The van der Waals surface area contributed by atoms with Gasteiger partial charge in [0.05, 0.1) is 0 Å². The molecule has 0 aromatic carbocycles. The summed E-state index contributed by atoms with van der Waals surface area (Å²) in [5.41, 5.74) is 2.14. The van der Waals surface area contributed by atoms with Gasteiger partial charge in [-0.15, -0.1) is 0 Å². The highest BCUT2D eigenvalue weighted by molar-refractivity contribution is 5.08. The van der Waals surface area contributed by atoms with E-state index < -0.39 is 0 Å². The Kier molecular flexibility index (Phi) is 4.13. The lowest BCUT2D eigenvalue weighted by atomic mass is 9.81. The molecule has 0 spiro atoms. The van der Waals surface area contributed by atoms with Crippen LogP contribution in [0.5, 0.6) is 0 Å². The first-order valence-electron chi connectivity index (χ1n) is 7.85. The number of hydrogen-bond donors (Lipinski definition) is 1. The molecule has 0 amide bonds. The minimum absolute atomic E-state index is 0.341. The Bertz CT molecular complexity index is 345. The minimum atomic E-state index is 0.341. The van der Waals surface area contributed by atoms with Crippen LogP contribution < -0.4 is 5.32 Å². The molecule has 0 aromatic heterocycles. The van der Waals surface area contributed by atoms with E-state index in [1.54, 1.807) is 0 Å². The molecule has 1 aliphatic heterocycles. The molecule has 2 heteroatoms. The highest BCUT2D eigenvalue weighted by atomic mass is 15.3. The van der Waals surface area contributed by atoms with Crippen molar-refractivity contribution in [3.63, 3.8) is 0 Å². The molecule has 2 unspecified atom stereocenters. The van der Waals surface area contributed by atoms with E-state index in [1.165, 1.54) is 25.0 Å². The van der Waals surface area contributed by atoms with Crippen molar-refractivity contribution in [1.29, 1.82) is 0 Å². The Morgan fingerprint density at radius 1 is 1.32 bits per heavy atom. The molecule has 110 valence electrons. The molecule has 2 atom stereocenters. The molecule has 2 aliphatic rings. The summed E-state index contributed by atoms with van der Waals surface area (Å²) in [6, 6.07) is 0.602. The van der Waals surface area contributed by atoms with Crippen LogP contribution in [-0.4, -0.2) is 36.1 Å². The molecule has 1 N–H and O–H groups in total. The molecule has 1 saturated carbocycles. The van der Waals surface area contributed by atoms with Gasteiger partial charge in [0.1, 0.15) is 0 Å². The van der Waals surface area contributed by atoms with E-state index in [1.807, 2.05) is 0 Å². The molecule has 1 aliphatic carbocycles. The average Bonchev–Trinajstić information content (AvgIpc) is 3.09. The van der Waals surface area contributed by atoms with Crippen molar-refractivity contribution in [2.75, 3.05) is 19.6 Å². The fraction of sp³-hybridized carbons (Fsp3) is 0.882. The number of hydrogen-bond acceptors (Lipinski definition) is 2. The summed E-state index contributed by atoms with van der Waals surface area (Å²) in [6.07, 6.45) is 5.24. The Morgan fingerprint density at radius 3 is 2.42 bits per heavy atom. The summed E-state index contributed by atoms with van der Waals surface area (Å²) in [4.78, 5) is 2.74. The number of nitrogens with zero attached hydrogens (tertiary/aromatic N) is 1. The summed E-state index contributed by atoms with van der Waals surface area (Å²) in [7, 11) is 0. The van der Waals surface area contributed by atoms with Gasteiger partial charge in [-0.05, 0) is 44.9 Å². The summed E-state index contributed by atoms with van der Waals surface area (Å²) < 4.78 is 0. The minimum Gasteiger partial charge on any atom is -0.310 e. The quantitative estimate of drug-likeness (QED) is 0.786. The van der Waals surface area contributed by atoms with E-state index in [-0.39, 0.29) is 0 Å². The van der Waals surface area contributed by atoms with Crippen molar-refractivity contribution in [2.24, 2.45) is 11.3 Å². The van der Waals surface area contributed by atoms with Crippen LogP contribution in [0.25, 0.3) is 0 Å². The van der Waals surface area contributed by atoms with Crippen molar-refractivity contribution in [3.8, 4) is 0 Å². The van der Waals surface area contributed by atoms with Gasteiger partial charge in [-0.3, -0.25) is 4.90 Å². The molecule has 0 aromatic rings. The van der Waals surface area contributed by atoms with E-state index in [4.69, 9.17) is 0 Å². The van der Waals surface area contributed by atoms with Gasteiger partial charge >= 0.3 is 0 Å². The molecule has 1 saturated heterocycles. The zero-order valence-electron chi connectivity index (χ0n) is 13.7. The number of nitrogens with one attached hydrogen (secondary N) is 1. The van der Waals surface area contributed by atoms with Gasteiger partial charge in [-0.25, -0.2) is 0 Å². The number of allylic oxidation sites excluding steroid dienone is 1. The fourth-order valence-corrected chi connectivity index (χ4v) is 3.20. The van der Waals surface area contributed by atoms with Crippen molar-refractivity contribution in [3.05, 3.63) is 11.6 Å². The standard InChI is InChI=1S/C17H32N2/c1-13(2)9-10-19-11-15(16(3,4)5)18-12-17(19,6)14-7-8-14/h9,14-15,18H,7-8,10-12H2,1-6H3. The molecular weight excluding hydrogens is 232 g/mol. The third-order valence-corrected chi connectivity index (χ3v) is 5.05.